The van der Waals surface area contributed by atoms with E-state index in [1.165, 1.54) is 11.3 Å². The second-order valence-electron chi connectivity index (χ2n) is 2.59. The number of thiophene rings is 1. The van der Waals surface area contributed by atoms with Gasteiger partial charge in [0.15, 0.2) is 0 Å². The minimum Gasteiger partial charge on any atom is -0.258 e. The molecule has 0 atom stereocenters. The first kappa shape index (κ1) is 10.6. The molecule has 0 N–H and O–H groups in total. The van der Waals surface area contributed by atoms with Gasteiger partial charge in [-0.15, -0.1) is 0 Å². The third-order valence-corrected chi connectivity index (χ3v) is 5.18. The molecular weight excluding hydrogens is 428 g/mol. The van der Waals surface area contributed by atoms with Gasteiger partial charge in [0.1, 0.15) is 3.57 Å². The highest BCUT2D eigenvalue weighted by molar-refractivity contribution is 14.1. The average Bonchev–Trinajstić information content (AvgIpc) is 2.45. The molecular formula is C8H3I2NO2S. The van der Waals surface area contributed by atoms with Gasteiger partial charge < -0.3 is 0 Å². The zero-order valence-corrected chi connectivity index (χ0v) is 11.8. The number of nitro groups is 1. The number of hydrogen-bond acceptors (Lipinski definition) is 3. The van der Waals surface area contributed by atoms with Crippen LogP contribution in [-0.2, 0) is 0 Å². The van der Waals surface area contributed by atoms with Crippen LogP contribution in [0, 0.1) is 17.3 Å². The molecule has 72 valence electrons. The Kier molecular flexibility index (Phi) is 2.93. The van der Waals surface area contributed by atoms with Crippen molar-refractivity contribution in [2.24, 2.45) is 0 Å². The van der Waals surface area contributed by atoms with E-state index in [1.807, 2.05) is 40.8 Å². The number of fused-ring (bicyclic) bond motifs is 1. The van der Waals surface area contributed by atoms with Crippen LogP contribution in [0.1, 0.15) is 0 Å². The van der Waals surface area contributed by atoms with E-state index in [9.17, 15) is 10.1 Å². The van der Waals surface area contributed by atoms with Gasteiger partial charge in [0.25, 0.3) is 0 Å². The molecule has 6 heteroatoms. The van der Waals surface area contributed by atoms with Crippen LogP contribution in [0.4, 0.5) is 5.00 Å². The Bertz CT molecular complexity index is 523. The fourth-order valence-corrected chi connectivity index (χ4v) is 4.87. The van der Waals surface area contributed by atoms with Crippen LogP contribution in [0.2, 0.25) is 0 Å². The van der Waals surface area contributed by atoms with Crippen molar-refractivity contribution in [2.75, 3.05) is 0 Å². The fourth-order valence-electron chi connectivity index (χ4n) is 1.18. The molecule has 2 rings (SSSR count). The maximum atomic E-state index is 10.7. The van der Waals surface area contributed by atoms with Crippen LogP contribution in [-0.4, -0.2) is 4.92 Å². The Morgan fingerprint density at radius 1 is 1.36 bits per heavy atom. The highest BCUT2D eigenvalue weighted by atomic mass is 127. The van der Waals surface area contributed by atoms with Crippen LogP contribution in [0.25, 0.3) is 10.1 Å². The van der Waals surface area contributed by atoms with Crippen LogP contribution in [0.15, 0.2) is 18.2 Å². The van der Waals surface area contributed by atoms with E-state index >= 15 is 0 Å². The van der Waals surface area contributed by atoms with Gasteiger partial charge in [-0.3, -0.25) is 10.1 Å². The molecule has 0 saturated heterocycles. The predicted octanol–water partition coefficient (Wildman–Crippen LogP) is 4.02. The molecule has 0 fully saturated rings. The molecule has 2 aromatic rings. The quantitative estimate of drug-likeness (QED) is 0.389. The molecule has 0 aliphatic carbocycles. The van der Waals surface area contributed by atoms with Crippen molar-refractivity contribution in [3.8, 4) is 0 Å². The lowest BCUT2D eigenvalue weighted by Gasteiger charge is -1.92. The molecule has 0 aliphatic heterocycles. The highest BCUT2D eigenvalue weighted by Gasteiger charge is 2.20. The first-order chi connectivity index (χ1) is 6.61. The molecule has 3 nitrogen and oxygen atoms in total. The predicted molar refractivity (Wildman–Crippen MR) is 73.9 cm³/mol. The Morgan fingerprint density at radius 2 is 2.07 bits per heavy atom. The minimum absolute atomic E-state index is 0.240. The summed E-state index contributed by atoms with van der Waals surface area (Å²) >= 11 is 5.47. The van der Waals surface area contributed by atoms with Crippen LogP contribution >= 0.6 is 56.5 Å². The molecule has 1 aromatic heterocycles. The van der Waals surface area contributed by atoms with E-state index in [0.29, 0.717) is 0 Å². The molecule has 0 unspecified atom stereocenters. The Hall–Kier alpha value is 0.0400. The van der Waals surface area contributed by atoms with Crippen molar-refractivity contribution in [3.63, 3.8) is 0 Å². The number of halogens is 2. The molecule has 0 spiro atoms. The maximum absolute atomic E-state index is 10.7. The van der Waals surface area contributed by atoms with E-state index in [2.05, 4.69) is 22.6 Å². The molecule has 0 aliphatic rings. The van der Waals surface area contributed by atoms with E-state index in [0.717, 1.165) is 17.2 Å². The molecule has 1 heterocycles. The van der Waals surface area contributed by atoms with E-state index in [4.69, 9.17) is 0 Å². The minimum atomic E-state index is -0.317. The molecule has 0 radical (unpaired) electrons. The number of nitrogens with zero attached hydrogens (tertiary/aromatic N) is 1. The first-order valence-corrected chi connectivity index (χ1v) is 6.59. The summed E-state index contributed by atoms with van der Waals surface area (Å²) in [6.07, 6.45) is 0. The Labute approximate surface area is 111 Å². The van der Waals surface area contributed by atoms with E-state index in [1.54, 1.807) is 0 Å². The molecule has 1 aromatic carbocycles. The summed E-state index contributed by atoms with van der Waals surface area (Å²) in [6.45, 7) is 0. The van der Waals surface area contributed by atoms with Gasteiger partial charge in [-0.1, -0.05) is 17.4 Å². The van der Waals surface area contributed by atoms with Gasteiger partial charge in [-0.05, 0) is 57.3 Å². The zero-order valence-electron chi connectivity index (χ0n) is 6.66. The molecule has 0 saturated carbocycles. The molecule has 0 bridgehead atoms. The fraction of sp³-hybridized carbons (Fsp3) is 0. The Morgan fingerprint density at radius 3 is 2.64 bits per heavy atom. The lowest BCUT2D eigenvalue weighted by Crippen LogP contribution is -1.85. The largest absolute Gasteiger partial charge is 0.338 e. The van der Waals surface area contributed by atoms with E-state index < -0.39 is 0 Å². The van der Waals surface area contributed by atoms with Crippen LogP contribution < -0.4 is 0 Å². The summed E-state index contributed by atoms with van der Waals surface area (Å²) in [7, 11) is 0. The number of rotatable bonds is 1. The zero-order chi connectivity index (χ0) is 10.3. The average molecular weight is 431 g/mol. The second kappa shape index (κ2) is 3.89. The smallest absolute Gasteiger partial charge is 0.258 e. The molecule has 14 heavy (non-hydrogen) atoms. The van der Waals surface area contributed by atoms with Crippen LogP contribution in [0.5, 0.6) is 0 Å². The van der Waals surface area contributed by atoms with Gasteiger partial charge in [0.05, 0.1) is 4.92 Å². The lowest BCUT2D eigenvalue weighted by atomic mass is 10.3. The third kappa shape index (κ3) is 1.63. The normalized spacial score (nSPS) is 10.7. The molecule has 0 amide bonds. The number of hydrogen-bond donors (Lipinski definition) is 0. The van der Waals surface area contributed by atoms with Gasteiger partial charge in [0.2, 0.25) is 0 Å². The van der Waals surface area contributed by atoms with Gasteiger partial charge >= 0.3 is 5.00 Å². The summed E-state index contributed by atoms with van der Waals surface area (Å²) < 4.78 is 2.79. The standard InChI is InChI=1S/C8H3I2NO2S/c9-4-2-1-3-5-6(4)7(10)8(14-5)11(12)13/h1-3H. The Balaban J connectivity index is 2.87. The van der Waals surface area contributed by atoms with Crippen molar-refractivity contribution in [3.05, 3.63) is 35.5 Å². The van der Waals surface area contributed by atoms with Crippen molar-refractivity contribution in [1.82, 2.24) is 0 Å². The summed E-state index contributed by atoms with van der Waals surface area (Å²) in [5.41, 5.74) is 0. The van der Waals surface area contributed by atoms with Crippen molar-refractivity contribution in [2.45, 2.75) is 0 Å². The topological polar surface area (TPSA) is 43.1 Å². The summed E-state index contributed by atoms with van der Waals surface area (Å²) in [6, 6.07) is 5.79. The van der Waals surface area contributed by atoms with Crippen molar-refractivity contribution < 1.29 is 4.92 Å². The van der Waals surface area contributed by atoms with E-state index in [-0.39, 0.29) is 9.92 Å². The monoisotopic (exact) mass is 431 g/mol. The SMILES string of the molecule is O=[N+]([O-])c1sc2cccc(I)c2c1I. The van der Waals surface area contributed by atoms with Gasteiger partial charge in [-0.2, -0.15) is 0 Å². The van der Waals surface area contributed by atoms with Gasteiger partial charge in [0, 0.05) is 13.7 Å². The lowest BCUT2D eigenvalue weighted by molar-refractivity contribution is -0.381. The summed E-state index contributed by atoms with van der Waals surface area (Å²) in [4.78, 5) is 10.4. The maximum Gasteiger partial charge on any atom is 0.338 e. The highest BCUT2D eigenvalue weighted by Crippen LogP contribution is 2.39. The van der Waals surface area contributed by atoms with Crippen LogP contribution in [0.3, 0.4) is 0 Å². The summed E-state index contributed by atoms with van der Waals surface area (Å²) in [5.74, 6) is 0. The van der Waals surface area contributed by atoms with Gasteiger partial charge in [-0.25, -0.2) is 0 Å². The third-order valence-electron chi connectivity index (χ3n) is 1.76. The summed E-state index contributed by atoms with van der Waals surface area (Å²) in [5, 5.41) is 12.0. The number of benzene rings is 1. The first-order valence-electron chi connectivity index (χ1n) is 3.62. The second-order valence-corrected chi connectivity index (χ2v) is 5.86. The van der Waals surface area contributed by atoms with Crippen molar-refractivity contribution in [1.29, 1.82) is 0 Å². The van der Waals surface area contributed by atoms with Crippen molar-refractivity contribution >= 4 is 71.6 Å².